The van der Waals surface area contributed by atoms with E-state index >= 15 is 0 Å². The molecule has 6 heterocycles. The number of nitrogens with two attached hydrogens (primary N) is 1. The minimum Gasteiger partial charge on any atom is -0.496 e. The van der Waals surface area contributed by atoms with Crippen LogP contribution in [0.15, 0.2) is 24.3 Å². The number of hydrogen-bond acceptors (Lipinski definition) is 12. The Morgan fingerprint density at radius 2 is 1.98 bits per heavy atom. The third kappa shape index (κ3) is 4.74. The van der Waals surface area contributed by atoms with Crippen LogP contribution in [-0.2, 0) is 17.0 Å². The van der Waals surface area contributed by atoms with Crippen LogP contribution in [0.1, 0.15) is 59.2 Å². The number of aromatic nitrogens is 2. The number of ether oxygens (including phenoxy) is 2. The van der Waals surface area contributed by atoms with Crippen LogP contribution in [0.3, 0.4) is 0 Å². The maximum atomic E-state index is 14.6. The Morgan fingerprint density at radius 3 is 2.74 bits per heavy atom. The molecule has 8 rings (SSSR count). The normalized spacial score (nSPS) is 24.3. The van der Waals surface area contributed by atoms with E-state index in [0.29, 0.717) is 67.0 Å². The average molecular weight is 659 g/mol. The first-order valence-corrected chi connectivity index (χ1v) is 17.6. The highest BCUT2D eigenvalue weighted by atomic mass is 32.2. The van der Waals surface area contributed by atoms with Crippen molar-refractivity contribution in [1.29, 1.82) is 10.5 Å². The largest absolute Gasteiger partial charge is 0.496 e. The molecular weight excluding hydrogens is 624 g/mol. The van der Waals surface area contributed by atoms with Gasteiger partial charge in [-0.25, -0.2) is 4.39 Å². The summed E-state index contributed by atoms with van der Waals surface area (Å²) >= 11 is 3.33. The highest BCUT2D eigenvalue weighted by Crippen LogP contribution is 2.58. The summed E-state index contributed by atoms with van der Waals surface area (Å²) in [6.07, 6.45) is 3.47. The smallest absolute Gasteiger partial charge is 0.320 e. The van der Waals surface area contributed by atoms with Gasteiger partial charge < -0.3 is 25.0 Å². The number of halogens is 1. The molecule has 1 aliphatic carbocycles. The maximum absolute atomic E-state index is 14.6. The summed E-state index contributed by atoms with van der Waals surface area (Å²) in [5, 5.41) is 21.1. The van der Waals surface area contributed by atoms with E-state index in [2.05, 4.69) is 26.8 Å². The number of hydrogen-bond donors (Lipinski definition) is 1. The summed E-state index contributed by atoms with van der Waals surface area (Å²) in [5.41, 5.74) is 8.90. The fourth-order valence-electron chi connectivity index (χ4n) is 7.88. The van der Waals surface area contributed by atoms with Crippen molar-refractivity contribution < 1.29 is 13.9 Å². The molecule has 4 aliphatic heterocycles. The Kier molecular flexibility index (Phi) is 7.20. The molecule has 0 unspecified atom stereocenters. The number of fused-ring (bicyclic) bond motifs is 3. The Morgan fingerprint density at radius 1 is 1.17 bits per heavy atom. The quantitative estimate of drug-likeness (QED) is 0.335. The molecule has 3 aromatic rings. The molecule has 1 aromatic carbocycles. The second-order valence-corrected chi connectivity index (χ2v) is 15.6. The molecule has 5 aliphatic rings. The topological polar surface area (TPSA) is 128 Å². The third-order valence-electron chi connectivity index (χ3n) is 10.2. The summed E-state index contributed by atoms with van der Waals surface area (Å²) in [4.78, 5) is 17.5. The number of nitriles is 2. The van der Waals surface area contributed by atoms with Crippen LogP contribution in [0.5, 0.6) is 11.8 Å². The van der Waals surface area contributed by atoms with E-state index in [9.17, 15) is 14.9 Å². The van der Waals surface area contributed by atoms with Gasteiger partial charge in [0.2, 0.25) is 0 Å². The molecule has 46 heavy (non-hydrogen) atoms. The summed E-state index contributed by atoms with van der Waals surface area (Å²) in [7, 11) is 1.66. The number of anilines is 3. The van der Waals surface area contributed by atoms with Gasteiger partial charge in [0.15, 0.2) is 11.6 Å². The standard InChI is InChI=1S/C33H35FN8O2S2/c1-43-25-6-3-2-5-20(25)14-42(22-7-8-22)30-24(13-36)29(38-31(39-30)44-19-32-9-4-10-41(32)15-21(34)11-32)40-17-33(18-40)27-23(12-35)28(37)46-26(27)16-45-33/h2-3,5-6,21-22H,4,7-11,14-19,37H2,1H3/t21-,32+/m1/s1. The van der Waals surface area contributed by atoms with Crippen molar-refractivity contribution >= 4 is 39.7 Å². The zero-order valence-electron chi connectivity index (χ0n) is 25.7. The Labute approximate surface area is 275 Å². The van der Waals surface area contributed by atoms with Crippen molar-refractivity contribution in [2.24, 2.45) is 0 Å². The lowest BCUT2D eigenvalue weighted by Crippen LogP contribution is -2.57. The van der Waals surface area contributed by atoms with Gasteiger partial charge in [-0.15, -0.1) is 23.1 Å². The average Bonchev–Trinajstić information content (AvgIpc) is 3.45. The summed E-state index contributed by atoms with van der Waals surface area (Å²) in [6, 6.07) is 13.1. The van der Waals surface area contributed by atoms with Gasteiger partial charge in [0.1, 0.15) is 41.2 Å². The van der Waals surface area contributed by atoms with E-state index in [-0.39, 0.29) is 22.3 Å². The van der Waals surface area contributed by atoms with Gasteiger partial charge in [-0.05, 0) is 38.3 Å². The molecule has 2 atom stereocenters. The van der Waals surface area contributed by atoms with E-state index in [1.165, 1.54) is 11.3 Å². The fourth-order valence-corrected chi connectivity index (χ4v) is 10.7. The van der Waals surface area contributed by atoms with E-state index in [0.717, 1.165) is 59.7 Å². The third-order valence-corrected chi connectivity index (χ3v) is 12.9. The van der Waals surface area contributed by atoms with Crippen LogP contribution >= 0.6 is 23.1 Å². The number of nitrogens with zero attached hydrogens (tertiary/aromatic N) is 7. The Balaban J connectivity index is 1.17. The molecule has 1 spiro atoms. The van der Waals surface area contributed by atoms with Gasteiger partial charge in [-0.2, -0.15) is 20.5 Å². The predicted molar refractivity (Wildman–Crippen MR) is 176 cm³/mol. The van der Waals surface area contributed by atoms with Crippen molar-refractivity contribution in [1.82, 2.24) is 14.9 Å². The monoisotopic (exact) mass is 658 g/mol. The van der Waals surface area contributed by atoms with Crippen LogP contribution in [0, 0.1) is 22.7 Å². The van der Waals surface area contributed by atoms with Crippen LogP contribution in [0.25, 0.3) is 0 Å². The second-order valence-electron chi connectivity index (χ2n) is 13.1. The van der Waals surface area contributed by atoms with E-state index in [1.807, 2.05) is 36.0 Å². The second kappa shape index (κ2) is 11.2. The number of alkyl halides is 1. The van der Waals surface area contributed by atoms with Crippen LogP contribution in [-0.4, -0.2) is 72.5 Å². The van der Waals surface area contributed by atoms with E-state index < -0.39 is 6.17 Å². The minimum absolute atomic E-state index is 0.205. The van der Waals surface area contributed by atoms with Gasteiger partial charge in [0.05, 0.1) is 23.0 Å². The lowest BCUT2D eigenvalue weighted by molar-refractivity contribution is 0.107. The van der Waals surface area contributed by atoms with Crippen LogP contribution in [0.4, 0.5) is 21.0 Å². The van der Waals surface area contributed by atoms with Crippen molar-refractivity contribution in [2.75, 3.05) is 55.4 Å². The molecule has 13 heteroatoms. The van der Waals surface area contributed by atoms with Gasteiger partial charge in [-0.3, -0.25) is 4.90 Å². The number of methoxy groups -OCH3 is 1. The molecule has 2 N–H and O–H groups in total. The van der Waals surface area contributed by atoms with Gasteiger partial charge >= 0.3 is 6.01 Å². The van der Waals surface area contributed by atoms with Crippen molar-refractivity contribution in [3.8, 4) is 23.9 Å². The van der Waals surface area contributed by atoms with Gasteiger partial charge in [0, 0.05) is 60.4 Å². The highest BCUT2D eigenvalue weighted by molar-refractivity contribution is 8.00. The predicted octanol–water partition coefficient (Wildman–Crippen LogP) is 4.96. The summed E-state index contributed by atoms with van der Waals surface area (Å²) in [6.45, 7) is 3.32. The zero-order chi connectivity index (χ0) is 31.6. The first kappa shape index (κ1) is 29.6. The van der Waals surface area contributed by atoms with Gasteiger partial charge in [0.25, 0.3) is 0 Å². The summed E-state index contributed by atoms with van der Waals surface area (Å²) < 4.78 is 26.4. The van der Waals surface area contributed by atoms with Crippen LogP contribution in [0.2, 0.25) is 0 Å². The zero-order valence-corrected chi connectivity index (χ0v) is 27.3. The number of benzene rings is 1. The van der Waals surface area contributed by atoms with Crippen LogP contribution < -0.4 is 25.0 Å². The molecule has 4 fully saturated rings. The first-order chi connectivity index (χ1) is 22.4. The van der Waals surface area contributed by atoms with Crippen molar-refractivity contribution in [3.63, 3.8) is 0 Å². The molecular formula is C33H35FN8O2S2. The highest BCUT2D eigenvalue weighted by Gasteiger charge is 2.54. The minimum atomic E-state index is -0.862. The molecule has 2 aromatic heterocycles. The number of nitrogen functional groups attached to an aromatic ring is 1. The number of para-hydroxylation sites is 1. The molecule has 1 saturated carbocycles. The van der Waals surface area contributed by atoms with E-state index in [1.54, 1.807) is 7.11 Å². The maximum Gasteiger partial charge on any atom is 0.320 e. The lowest BCUT2D eigenvalue weighted by Gasteiger charge is -2.48. The number of rotatable bonds is 9. The Hall–Kier alpha value is -3.78. The van der Waals surface area contributed by atoms with E-state index in [4.69, 9.17) is 25.2 Å². The molecule has 0 radical (unpaired) electrons. The number of thioether (sulfide) groups is 1. The molecule has 238 valence electrons. The van der Waals surface area contributed by atoms with Crippen molar-refractivity contribution in [3.05, 3.63) is 51.4 Å². The molecule has 0 bridgehead atoms. The molecule has 3 saturated heterocycles. The SMILES string of the molecule is COc1ccccc1CN(c1nc(OC[C@@]23CCCN2C[C@H](F)C3)nc(N2CC3(C2)SCc2sc(N)c(C#N)c23)c1C#N)C1CC1. The van der Waals surface area contributed by atoms with Crippen molar-refractivity contribution in [2.45, 2.75) is 66.9 Å². The number of thiophene rings is 1. The Bertz CT molecular complexity index is 1780. The van der Waals surface area contributed by atoms with Gasteiger partial charge in [-0.1, -0.05) is 18.2 Å². The fraction of sp³-hybridized carbons (Fsp3) is 0.515. The molecule has 10 nitrogen and oxygen atoms in total. The lowest BCUT2D eigenvalue weighted by atomic mass is 9.88. The molecule has 0 amide bonds. The first-order valence-electron chi connectivity index (χ1n) is 15.8. The summed E-state index contributed by atoms with van der Waals surface area (Å²) in [5.74, 6) is 2.67.